The number of aliphatic hydroxyl groups is 30. The maximum Gasteiger partial charge on any atom is 1.00 e. The molecule has 30 N–H and O–H groups in total. The second-order valence-corrected chi connectivity index (χ2v) is 23.0. The molecule has 0 rings (SSSR count). The zero-order valence-electron chi connectivity index (χ0n) is 40.9. The van der Waals surface area contributed by atoms with Crippen molar-refractivity contribution in [3.05, 3.63) is 0 Å². The van der Waals surface area contributed by atoms with Crippen LogP contribution in [0.5, 0.6) is 0 Å². The Labute approximate surface area is 471 Å². The number of aliphatic carboxylic acids is 1. The molecule has 0 saturated carbocycles. The smallest absolute Gasteiger partial charge is 1.00 e. The molecule has 0 aliphatic heterocycles. The molecule has 0 saturated heterocycles. The molecule has 0 spiro atoms. The van der Waals surface area contributed by atoms with Crippen LogP contribution in [0.2, 0.25) is 0 Å². The van der Waals surface area contributed by atoms with Crippen molar-refractivity contribution in [3.63, 3.8) is 0 Å². The number of carboxylic acids is 1. The van der Waals surface area contributed by atoms with Gasteiger partial charge in [-0.1, -0.05) is 0 Å². The number of hydrogen-bond acceptors (Lipinski definition) is 42. The van der Waals surface area contributed by atoms with Crippen LogP contribution in [0.3, 0.4) is 0 Å². The van der Waals surface area contributed by atoms with Gasteiger partial charge in [0.05, 0.1) is 12.6 Å². The summed E-state index contributed by atoms with van der Waals surface area (Å²) < 4.78 is 22.7. The van der Waals surface area contributed by atoms with E-state index >= 15 is 0 Å². The van der Waals surface area contributed by atoms with Crippen LogP contribution in [0.15, 0.2) is 0 Å². The molecule has 0 bridgehead atoms. The normalized spacial score (nSPS) is 21.5. The molecule has 0 radical (unpaired) electrons. The van der Waals surface area contributed by atoms with Gasteiger partial charge in [0.1, 0.15) is 24.4 Å². The first-order valence-corrected chi connectivity index (χ1v) is 26.8. The van der Waals surface area contributed by atoms with Crippen molar-refractivity contribution in [1.82, 2.24) is 0 Å². The summed E-state index contributed by atoms with van der Waals surface area (Å²) in [5, 5.41) is 304. The topological polar surface area (TPSA) is 779 Å². The Kier molecular flexibility index (Phi) is 37.8. The van der Waals surface area contributed by atoms with Gasteiger partial charge in [0.15, 0.2) is 0 Å². The molecule has 0 aliphatic rings. The molecular formula is C36H66NaO42Sb. The third-order valence-corrected chi connectivity index (χ3v) is 17.0. The number of carbonyl (C=O) groups is 6. The van der Waals surface area contributed by atoms with Crippen LogP contribution >= 0.6 is 0 Å². The van der Waals surface area contributed by atoms with E-state index < -0.39 is 241 Å². The van der Waals surface area contributed by atoms with E-state index in [-0.39, 0.29) is 29.6 Å². The Morgan fingerprint density at radius 1 is 0.263 bits per heavy atom. The van der Waals surface area contributed by atoms with Crippen LogP contribution in [0, 0.1) is 0 Å². The second-order valence-electron chi connectivity index (χ2n) is 16.2. The van der Waals surface area contributed by atoms with Gasteiger partial charge in [-0.15, -0.1) is 0 Å². The second kappa shape index (κ2) is 37.0. The van der Waals surface area contributed by atoms with Crippen molar-refractivity contribution >= 4 is 55.3 Å². The SMILES string of the molecule is O=C([O-])[C@H](O)[C@@H](O)[C@H](O)[C@H](O)CO.O=C([O][Sb]([O]C(=O)[C@H](O)[C@@H](O)[C@H](O)[C@H](O)CO)([O]C(=O)[C@H](O)[C@@H](O)[C@H](O)[C@H](O)CO)([O]C(=O)[C@H](O)[C@@H](O)[C@H](O)[C@H](O)CO)[O]C(=O)[C@H](O)[C@@H](O)[C@H](O)[C@H](O)CO)[C@H](O)[C@@H](O)[C@H](O)[C@H](O)CO.[Na+]. The minimum Gasteiger partial charge on any atom is 1.00 e. The van der Waals surface area contributed by atoms with E-state index in [2.05, 4.69) is 15.1 Å². The molecule has 42 nitrogen and oxygen atoms in total. The molecule has 0 fully saturated rings. The molecular weight excluding hydrogens is 1250 g/mol. The largest absolute Gasteiger partial charge is 1.00 e. The van der Waals surface area contributed by atoms with Gasteiger partial charge in [0.2, 0.25) is 0 Å². The Morgan fingerprint density at radius 3 is 0.500 bits per heavy atom. The zero-order valence-corrected chi connectivity index (χ0v) is 45.4. The number of carboxylic acid groups (broad SMARTS) is 1. The fraction of sp³-hybridized carbons (Fsp3) is 0.833. The van der Waals surface area contributed by atoms with Gasteiger partial charge >= 0.3 is 401 Å². The molecule has 0 aliphatic carbocycles. The van der Waals surface area contributed by atoms with Crippen molar-refractivity contribution in [1.29, 1.82) is 0 Å². The Balaban J connectivity index is -0.00000371. The van der Waals surface area contributed by atoms with Crippen molar-refractivity contribution in [3.8, 4) is 0 Å². The summed E-state index contributed by atoms with van der Waals surface area (Å²) in [5.41, 5.74) is 0. The minimum atomic E-state index is -10.5. The molecule has 0 amide bonds. The van der Waals surface area contributed by atoms with Crippen LogP contribution in [0.4, 0.5) is 0 Å². The zero-order chi connectivity index (χ0) is 62.5. The average Bonchev–Trinajstić information content (AvgIpc) is 3.43. The average molecular weight is 1320 g/mol. The predicted octanol–water partition coefficient (Wildman–Crippen LogP) is -26.1. The molecule has 0 aromatic carbocycles. The number of carbonyl (C=O) groups excluding carboxylic acids is 6. The van der Waals surface area contributed by atoms with Gasteiger partial charge in [0.25, 0.3) is 0 Å². The summed E-state index contributed by atoms with van der Waals surface area (Å²) in [5.74, 6) is -17.2. The summed E-state index contributed by atoms with van der Waals surface area (Å²) in [6.07, 6.45) is -70.5. The number of hydrogen-bond donors (Lipinski definition) is 30. The molecule has 24 atom stereocenters. The van der Waals surface area contributed by atoms with Gasteiger partial charge in [0, 0.05) is 0 Å². The first-order valence-electron chi connectivity index (χ1n) is 21.6. The molecule has 0 unspecified atom stereocenters. The number of rotatable bonds is 35. The summed E-state index contributed by atoms with van der Waals surface area (Å²) in [6, 6.07) is 0. The first kappa shape index (κ1) is 81.7. The molecule has 0 heterocycles. The van der Waals surface area contributed by atoms with Crippen molar-refractivity contribution in [2.24, 2.45) is 0 Å². The first-order chi connectivity index (χ1) is 36.2. The van der Waals surface area contributed by atoms with Crippen LogP contribution < -0.4 is 34.7 Å². The van der Waals surface area contributed by atoms with Gasteiger partial charge in [-0.2, -0.15) is 0 Å². The van der Waals surface area contributed by atoms with Gasteiger partial charge in [-0.05, 0) is 0 Å². The Hall–Kier alpha value is -2.56. The quantitative estimate of drug-likeness (QED) is 0.0262. The summed E-state index contributed by atoms with van der Waals surface area (Å²) in [6.45, 7) is -8.45. The van der Waals surface area contributed by atoms with Crippen molar-refractivity contribution in [2.75, 3.05) is 39.6 Å². The summed E-state index contributed by atoms with van der Waals surface area (Å²) in [4.78, 5) is 78.2. The summed E-state index contributed by atoms with van der Waals surface area (Å²) in [7, 11) is 0. The predicted molar refractivity (Wildman–Crippen MR) is 228 cm³/mol. The van der Waals surface area contributed by atoms with Crippen LogP contribution in [-0.4, -0.2) is 395 Å². The Morgan fingerprint density at radius 2 is 0.388 bits per heavy atom. The van der Waals surface area contributed by atoms with E-state index in [0.29, 0.717) is 0 Å². The third kappa shape index (κ3) is 22.8. The van der Waals surface area contributed by atoms with E-state index in [1.807, 2.05) is 0 Å². The monoisotopic (exact) mass is 1310 g/mol. The van der Waals surface area contributed by atoms with Crippen LogP contribution in [0.1, 0.15) is 0 Å². The minimum absolute atomic E-state index is 0. The standard InChI is InChI=1S/6C6H12O7.Na.Sb/c6*7-1-2(8)3(9)4(10)5(11)6(12)13;;/h6*2-5,7-11H,1H2,(H,12,13);;/q;;;;;;+1;+5/p-6/t6*2-,3-,4+,5-;;/m111111../s1. The molecule has 0 aromatic rings. The number of aliphatic hydroxyl groups excluding tert-OH is 30. The maximum absolute atomic E-state index is 13.7. The maximum atomic E-state index is 13.7. The van der Waals surface area contributed by atoms with E-state index in [9.17, 15) is 136 Å². The van der Waals surface area contributed by atoms with E-state index in [4.69, 9.17) is 51.1 Å². The molecule has 44 heteroatoms. The van der Waals surface area contributed by atoms with Gasteiger partial charge < -0.3 is 35.4 Å². The van der Waals surface area contributed by atoms with Crippen molar-refractivity contribution < 1.29 is 232 Å². The van der Waals surface area contributed by atoms with Gasteiger partial charge in [-0.3, -0.25) is 0 Å². The van der Waals surface area contributed by atoms with Crippen LogP contribution in [-0.2, 0) is 43.8 Å². The van der Waals surface area contributed by atoms with E-state index in [1.54, 1.807) is 0 Å². The fourth-order valence-electron chi connectivity index (χ4n) is 5.16. The molecule has 80 heavy (non-hydrogen) atoms. The van der Waals surface area contributed by atoms with E-state index in [0.717, 1.165) is 0 Å². The van der Waals surface area contributed by atoms with Crippen LogP contribution in [0.25, 0.3) is 0 Å². The van der Waals surface area contributed by atoms with Gasteiger partial charge in [-0.25, -0.2) is 0 Å². The summed E-state index contributed by atoms with van der Waals surface area (Å²) >= 11 is -10.5. The fourth-order valence-corrected chi connectivity index (χ4v) is 12.0. The van der Waals surface area contributed by atoms with E-state index in [1.165, 1.54) is 0 Å². The molecule has 468 valence electrons. The molecule has 0 aromatic heterocycles. The van der Waals surface area contributed by atoms with Crippen molar-refractivity contribution in [2.45, 2.75) is 146 Å². The third-order valence-electron chi connectivity index (χ3n) is 10.2. The Bertz CT molecular complexity index is 1610.